The zero-order chi connectivity index (χ0) is 17.7. The molecule has 8 heteroatoms. The predicted molar refractivity (Wildman–Crippen MR) is 92.2 cm³/mol. The zero-order valence-electron chi connectivity index (χ0n) is 14.1. The Morgan fingerprint density at radius 3 is 2.09 bits per heavy atom. The van der Waals surface area contributed by atoms with Crippen molar-refractivity contribution in [1.29, 1.82) is 0 Å². The van der Waals surface area contributed by atoms with E-state index in [9.17, 15) is 16.8 Å². The van der Waals surface area contributed by atoms with E-state index in [-0.39, 0.29) is 18.0 Å². The molecule has 0 atom stereocenters. The van der Waals surface area contributed by atoms with Crippen molar-refractivity contribution in [3.8, 4) is 0 Å². The number of sulfonamides is 2. The molecule has 0 saturated carbocycles. The van der Waals surface area contributed by atoms with Gasteiger partial charge in [-0.1, -0.05) is 31.5 Å². The molecule has 0 aliphatic rings. The number of benzene rings is 1. The molecule has 0 fully saturated rings. The van der Waals surface area contributed by atoms with Crippen molar-refractivity contribution in [1.82, 2.24) is 9.03 Å². The zero-order valence-corrected chi connectivity index (χ0v) is 15.7. The monoisotopic (exact) mass is 362 g/mol. The summed E-state index contributed by atoms with van der Waals surface area (Å²) in [6, 6.07) is 6.51. The second-order valence-corrected chi connectivity index (χ2v) is 9.80. The minimum Gasteiger partial charge on any atom is -0.213 e. The number of hydrogen-bond donors (Lipinski definition) is 1. The lowest BCUT2D eigenvalue weighted by atomic mass is 10.1. The second-order valence-electron chi connectivity index (χ2n) is 6.06. The van der Waals surface area contributed by atoms with Crippen molar-refractivity contribution in [2.24, 2.45) is 5.92 Å². The molecule has 1 rings (SSSR count). The van der Waals surface area contributed by atoms with Gasteiger partial charge in [-0.15, -0.1) is 0 Å². The van der Waals surface area contributed by atoms with Crippen LogP contribution in [0.25, 0.3) is 0 Å². The van der Waals surface area contributed by atoms with E-state index in [1.807, 2.05) is 20.8 Å². The minimum absolute atomic E-state index is 0.0430. The third kappa shape index (κ3) is 6.99. The molecule has 0 saturated heterocycles. The first-order valence-electron chi connectivity index (χ1n) is 7.54. The SMILES string of the molecule is Cc1ccc(S(=O)(=O)NCCN(CCC(C)C)S(C)(=O)=O)cc1. The molecule has 0 amide bonds. The van der Waals surface area contributed by atoms with Gasteiger partial charge in [0.15, 0.2) is 0 Å². The van der Waals surface area contributed by atoms with Gasteiger partial charge in [-0.25, -0.2) is 25.9 Å². The Morgan fingerprint density at radius 2 is 1.61 bits per heavy atom. The van der Waals surface area contributed by atoms with Crippen LogP contribution in [0.3, 0.4) is 0 Å². The highest BCUT2D eigenvalue weighted by Gasteiger charge is 2.19. The molecule has 1 N–H and O–H groups in total. The normalized spacial score (nSPS) is 13.0. The van der Waals surface area contributed by atoms with Crippen LogP contribution in [0, 0.1) is 12.8 Å². The van der Waals surface area contributed by atoms with Gasteiger partial charge in [0, 0.05) is 19.6 Å². The van der Waals surface area contributed by atoms with Crippen molar-refractivity contribution in [2.45, 2.75) is 32.1 Å². The Hall–Kier alpha value is -0.960. The van der Waals surface area contributed by atoms with Crippen LogP contribution in [0.5, 0.6) is 0 Å². The molecule has 0 bridgehead atoms. The van der Waals surface area contributed by atoms with E-state index in [4.69, 9.17) is 0 Å². The van der Waals surface area contributed by atoms with Gasteiger partial charge in [-0.2, -0.15) is 0 Å². The van der Waals surface area contributed by atoms with E-state index in [2.05, 4.69) is 4.72 Å². The quantitative estimate of drug-likeness (QED) is 0.723. The summed E-state index contributed by atoms with van der Waals surface area (Å²) in [4.78, 5) is 0.177. The summed E-state index contributed by atoms with van der Waals surface area (Å²) in [6.45, 7) is 6.46. The Bertz CT molecular complexity index is 695. The molecule has 0 radical (unpaired) electrons. The summed E-state index contributed by atoms with van der Waals surface area (Å²) < 4.78 is 51.6. The first-order valence-corrected chi connectivity index (χ1v) is 10.9. The molecule has 1 aromatic rings. The van der Waals surface area contributed by atoms with Gasteiger partial charge < -0.3 is 0 Å². The van der Waals surface area contributed by atoms with E-state index in [1.54, 1.807) is 12.1 Å². The van der Waals surface area contributed by atoms with Crippen LogP contribution < -0.4 is 4.72 Å². The fourth-order valence-corrected chi connectivity index (χ4v) is 3.83. The first kappa shape index (κ1) is 20.1. The Kier molecular flexibility index (Phi) is 7.19. The molecule has 6 nitrogen and oxygen atoms in total. The number of nitrogens with one attached hydrogen (secondary N) is 1. The third-order valence-corrected chi connectivity index (χ3v) is 6.19. The lowest BCUT2D eigenvalue weighted by Gasteiger charge is -2.21. The van der Waals surface area contributed by atoms with Crippen LogP contribution in [0.4, 0.5) is 0 Å². The van der Waals surface area contributed by atoms with Crippen LogP contribution in [0.1, 0.15) is 25.8 Å². The molecule has 23 heavy (non-hydrogen) atoms. The maximum Gasteiger partial charge on any atom is 0.240 e. The summed E-state index contributed by atoms with van der Waals surface area (Å²) in [5.74, 6) is 0.378. The number of nitrogens with zero attached hydrogens (tertiary/aromatic N) is 1. The van der Waals surface area contributed by atoms with E-state index in [1.165, 1.54) is 16.4 Å². The first-order chi connectivity index (χ1) is 10.5. The molecule has 0 aliphatic carbocycles. The smallest absolute Gasteiger partial charge is 0.213 e. The molecule has 0 aliphatic heterocycles. The van der Waals surface area contributed by atoms with Crippen molar-refractivity contribution in [2.75, 3.05) is 25.9 Å². The van der Waals surface area contributed by atoms with E-state index >= 15 is 0 Å². The predicted octanol–water partition coefficient (Wildman–Crippen LogP) is 1.58. The van der Waals surface area contributed by atoms with E-state index in [0.717, 1.165) is 18.2 Å². The highest BCUT2D eigenvalue weighted by Crippen LogP contribution is 2.10. The average molecular weight is 363 g/mol. The summed E-state index contributed by atoms with van der Waals surface area (Å²) in [6.07, 6.45) is 1.87. The average Bonchev–Trinajstić information content (AvgIpc) is 2.41. The van der Waals surface area contributed by atoms with Gasteiger partial charge in [-0.05, 0) is 31.4 Å². The summed E-state index contributed by atoms with van der Waals surface area (Å²) in [5, 5.41) is 0. The van der Waals surface area contributed by atoms with Crippen molar-refractivity contribution in [3.05, 3.63) is 29.8 Å². The maximum absolute atomic E-state index is 12.2. The third-order valence-electron chi connectivity index (χ3n) is 3.41. The summed E-state index contributed by atoms with van der Waals surface area (Å²) in [5.41, 5.74) is 0.973. The highest BCUT2D eigenvalue weighted by atomic mass is 32.2. The lowest BCUT2D eigenvalue weighted by molar-refractivity contribution is 0.385. The van der Waals surface area contributed by atoms with E-state index < -0.39 is 20.0 Å². The van der Waals surface area contributed by atoms with Crippen LogP contribution in [-0.2, 0) is 20.0 Å². The fraction of sp³-hybridized carbons (Fsp3) is 0.600. The van der Waals surface area contributed by atoms with Crippen LogP contribution in [-0.4, -0.2) is 47.0 Å². The Balaban J connectivity index is 2.66. The molecule has 0 heterocycles. The maximum atomic E-state index is 12.2. The highest BCUT2D eigenvalue weighted by molar-refractivity contribution is 7.89. The Morgan fingerprint density at radius 1 is 1.04 bits per heavy atom. The molecular formula is C15H26N2O4S2. The number of aryl methyl sites for hydroxylation is 1. The van der Waals surface area contributed by atoms with Gasteiger partial charge >= 0.3 is 0 Å². The standard InChI is InChI=1S/C15H26N2O4S2/c1-13(2)9-11-17(22(4,18)19)12-10-16-23(20,21)15-7-5-14(3)6-8-15/h5-8,13,16H,9-12H2,1-4H3. The lowest BCUT2D eigenvalue weighted by Crippen LogP contribution is -2.38. The van der Waals surface area contributed by atoms with Gasteiger partial charge in [0.25, 0.3) is 0 Å². The van der Waals surface area contributed by atoms with Crippen LogP contribution in [0.15, 0.2) is 29.2 Å². The summed E-state index contributed by atoms with van der Waals surface area (Å²) >= 11 is 0. The largest absolute Gasteiger partial charge is 0.240 e. The minimum atomic E-state index is -3.62. The number of hydrogen-bond acceptors (Lipinski definition) is 4. The number of rotatable bonds is 9. The molecular weight excluding hydrogens is 336 g/mol. The van der Waals surface area contributed by atoms with Gasteiger partial charge in [0.1, 0.15) is 0 Å². The molecule has 132 valence electrons. The fourth-order valence-electron chi connectivity index (χ4n) is 1.95. The molecule has 0 aromatic heterocycles. The van der Waals surface area contributed by atoms with Gasteiger partial charge in [-0.3, -0.25) is 0 Å². The van der Waals surface area contributed by atoms with Gasteiger partial charge in [0.05, 0.1) is 11.2 Å². The van der Waals surface area contributed by atoms with E-state index in [0.29, 0.717) is 12.5 Å². The Labute approximate surface area is 140 Å². The van der Waals surface area contributed by atoms with Crippen LogP contribution >= 0.6 is 0 Å². The molecule has 0 unspecified atom stereocenters. The van der Waals surface area contributed by atoms with Gasteiger partial charge in [0.2, 0.25) is 20.0 Å². The summed E-state index contributed by atoms with van der Waals surface area (Å²) in [7, 11) is -6.97. The topological polar surface area (TPSA) is 83.6 Å². The molecule has 0 spiro atoms. The van der Waals surface area contributed by atoms with Crippen molar-refractivity contribution in [3.63, 3.8) is 0 Å². The van der Waals surface area contributed by atoms with Crippen LogP contribution in [0.2, 0.25) is 0 Å². The van der Waals surface area contributed by atoms with Crippen molar-refractivity contribution >= 4 is 20.0 Å². The second kappa shape index (κ2) is 8.23. The molecule has 1 aromatic carbocycles. The van der Waals surface area contributed by atoms with Crippen molar-refractivity contribution < 1.29 is 16.8 Å².